The van der Waals surface area contributed by atoms with Gasteiger partial charge in [-0.25, -0.2) is 9.97 Å². The molecule has 0 spiro atoms. The van der Waals surface area contributed by atoms with Crippen molar-refractivity contribution in [1.29, 1.82) is 0 Å². The van der Waals surface area contributed by atoms with Crippen molar-refractivity contribution in [2.75, 3.05) is 6.61 Å². The van der Waals surface area contributed by atoms with E-state index < -0.39 is 0 Å². The summed E-state index contributed by atoms with van der Waals surface area (Å²) in [6.45, 7) is 6.22. The molecule has 0 amide bonds. The highest BCUT2D eigenvalue weighted by molar-refractivity contribution is 7.18. The maximum atomic E-state index is 5.84. The number of fused-ring (bicyclic) bond motifs is 1. The summed E-state index contributed by atoms with van der Waals surface area (Å²) in [5.41, 5.74) is 5.96. The Morgan fingerprint density at radius 3 is 2.89 bits per heavy atom. The molecule has 4 nitrogen and oxygen atoms in total. The molecule has 0 N–H and O–H groups in total. The average molecular weight is 410 g/mol. The van der Waals surface area contributed by atoms with Crippen LogP contribution in [0.3, 0.4) is 0 Å². The Labute approximate surface area is 172 Å². The van der Waals surface area contributed by atoms with Crippen molar-refractivity contribution in [2.24, 2.45) is 0 Å². The first-order chi connectivity index (χ1) is 13.7. The molecule has 1 aliphatic heterocycles. The number of para-hydroxylation sites is 1. The van der Waals surface area contributed by atoms with Crippen LogP contribution in [0.1, 0.15) is 34.2 Å². The Bertz CT molecular complexity index is 1090. The predicted molar refractivity (Wildman–Crippen MR) is 116 cm³/mol. The zero-order chi connectivity index (χ0) is 19.1. The Kier molecular flexibility index (Phi) is 4.78. The zero-order valence-electron chi connectivity index (χ0n) is 16.1. The highest BCUT2D eigenvalue weighted by Gasteiger charge is 2.20. The molecule has 4 heterocycles. The van der Waals surface area contributed by atoms with Gasteiger partial charge in [0.2, 0.25) is 0 Å². The van der Waals surface area contributed by atoms with E-state index in [4.69, 9.17) is 14.7 Å². The largest absolute Gasteiger partial charge is 0.376 e. The van der Waals surface area contributed by atoms with E-state index in [2.05, 4.69) is 48.1 Å². The summed E-state index contributed by atoms with van der Waals surface area (Å²) < 4.78 is 9.47. The van der Waals surface area contributed by atoms with Crippen molar-refractivity contribution in [1.82, 2.24) is 14.5 Å². The number of thiazole rings is 2. The highest BCUT2D eigenvalue weighted by Crippen LogP contribution is 2.31. The van der Waals surface area contributed by atoms with E-state index in [-0.39, 0.29) is 0 Å². The van der Waals surface area contributed by atoms with Crippen LogP contribution in [0, 0.1) is 13.8 Å². The van der Waals surface area contributed by atoms with Gasteiger partial charge in [-0.15, -0.1) is 22.7 Å². The number of aryl methyl sites for hydroxylation is 1. The number of hydrogen-bond donors (Lipinski definition) is 0. The number of benzene rings is 1. The van der Waals surface area contributed by atoms with E-state index in [1.807, 2.05) is 6.07 Å². The van der Waals surface area contributed by atoms with Crippen LogP contribution in [0.15, 0.2) is 35.7 Å². The molecule has 0 saturated carbocycles. The molecule has 0 radical (unpaired) electrons. The third-order valence-electron chi connectivity index (χ3n) is 5.45. The van der Waals surface area contributed by atoms with E-state index in [0.717, 1.165) is 47.2 Å². The van der Waals surface area contributed by atoms with E-state index in [1.54, 1.807) is 22.7 Å². The van der Waals surface area contributed by atoms with Crippen LogP contribution in [-0.4, -0.2) is 27.2 Å². The van der Waals surface area contributed by atoms with Crippen LogP contribution in [-0.2, 0) is 17.7 Å². The molecule has 1 atom stereocenters. The lowest BCUT2D eigenvalue weighted by Crippen LogP contribution is -2.16. The molecule has 3 aromatic heterocycles. The highest BCUT2D eigenvalue weighted by atomic mass is 32.1. The predicted octanol–water partition coefficient (Wildman–Crippen LogP) is 5.61. The molecule has 1 fully saturated rings. The van der Waals surface area contributed by atoms with Gasteiger partial charge in [0.15, 0.2) is 0 Å². The second-order valence-corrected chi connectivity index (χ2v) is 9.47. The van der Waals surface area contributed by atoms with Crippen molar-refractivity contribution < 1.29 is 4.74 Å². The van der Waals surface area contributed by atoms with Gasteiger partial charge in [-0.2, -0.15) is 0 Å². The number of nitrogens with zero attached hydrogens (tertiary/aromatic N) is 3. The van der Waals surface area contributed by atoms with Gasteiger partial charge in [0.1, 0.15) is 10.0 Å². The molecule has 4 aromatic rings. The van der Waals surface area contributed by atoms with Crippen molar-refractivity contribution in [2.45, 2.75) is 45.8 Å². The standard InChI is InChI=1S/C22H23N3OS2/c1-14-10-17(15(2)25(14)12-16-6-5-9-26-16)19-13-27-21(24-19)11-22-23-18-7-3-4-8-20(18)28-22/h3-4,7-8,10,13,16H,5-6,9,11-12H2,1-2H3. The first-order valence-electron chi connectivity index (χ1n) is 9.75. The lowest BCUT2D eigenvalue weighted by atomic mass is 10.2. The van der Waals surface area contributed by atoms with E-state index in [9.17, 15) is 0 Å². The molecule has 5 rings (SSSR count). The van der Waals surface area contributed by atoms with Crippen LogP contribution in [0.2, 0.25) is 0 Å². The smallest absolute Gasteiger partial charge is 0.101 e. The molecule has 0 aliphatic carbocycles. The first-order valence-corrected chi connectivity index (χ1v) is 11.4. The second-order valence-electron chi connectivity index (χ2n) is 7.41. The number of rotatable bonds is 5. The van der Waals surface area contributed by atoms with Gasteiger partial charge in [0, 0.05) is 35.5 Å². The lowest BCUT2D eigenvalue weighted by molar-refractivity contribution is 0.0962. The summed E-state index contributed by atoms with van der Waals surface area (Å²) >= 11 is 3.49. The number of hydrogen-bond acceptors (Lipinski definition) is 5. The van der Waals surface area contributed by atoms with Crippen LogP contribution in [0.4, 0.5) is 0 Å². The molecular weight excluding hydrogens is 386 g/mol. The van der Waals surface area contributed by atoms with E-state index in [1.165, 1.54) is 28.1 Å². The third kappa shape index (κ3) is 3.41. The van der Waals surface area contributed by atoms with E-state index >= 15 is 0 Å². The lowest BCUT2D eigenvalue weighted by Gasteiger charge is -2.14. The first kappa shape index (κ1) is 18.0. The Morgan fingerprint density at radius 1 is 1.18 bits per heavy atom. The Balaban J connectivity index is 1.38. The maximum absolute atomic E-state index is 5.84. The fourth-order valence-corrected chi connectivity index (χ4v) is 5.84. The molecule has 6 heteroatoms. The average Bonchev–Trinajstić information content (AvgIpc) is 3.46. The topological polar surface area (TPSA) is 39.9 Å². The molecule has 0 bridgehead atoms. The fraction of sp³-hybridized carbons (Fsp3) is 0.364. The molecular formula is C22H23N3OS2. The summed E-state index contributed by atoms with van der Waals surface area (Å²) in [6.07, 6.45) is 3.49. The SMILES string of the molecule is Cc1cc(-c2csc(Cc3nc4ccccc4s3)n2)c(C)n1CC1CCCO1. The molecule has 1 unspecified atom stereocenters. The minimum atomic E-state index is 0.350. The fourth-order valence-electron chi connectivity index (χ4n) is 3.97. The Morgan fingerprint density at radius 2 is 2.07 bits per heavy atom. The molecule has 1 saturated heterocycles. The van der Waals surface area contributed by atoms with Gasteiger partial charge in [0.25, 0.3) is 0 Å². The van der Waals surface area contributed by atoms with Crippen LogP contribution in [0.25, 0.3) is 21.5 Å². The summed E-state index contributed by atoms with van der Waals surface area (Å²) in [5.74, 6) is 0. The number of aromatic nitrogens is 3. The summed E-state index contributed by atoms with van der Waals surface area (Å²) in [6, 6.07) is 10.6. The quantitative estimate of drug-likeness (QED) is 0.430. The van der Waals surface area contributed by atoms with Gasteiger partial charge in [-0.3, -0.25) is 0 Å². The number of ether oxygens (including phenoxy) is 1. The van der Waals surface area contributed by atoms with Gasteiger partial charge >= 0.3 is 0 Å². The van der Waals surface area contributed by atoms with Gasteiger partial charge in [-0.05, 0) is 44.9 Å². The van der Waals surface area contributed by atoms with Crippen LogP contribution in [0.5, 0.6) is 0 Å². The minimum Gasteiger partial charge on any atom is -0.376 e. The van der Waals surface area contributed by atoms with Crippen molar-refractivity contribution in [3.8, 4) is 11.3 Å². The molecule has 28 heavy (non-hydrogen) atoms. The van der Waals surface area contributed by atoms with Crippen LogP contribution < -0.4 is 0 Å². The van der Waals surface area contributed by atoms with Gasteiger partial charge < -0.3 is 9.30 Å². The van der Waals surface area contributed by atoms with Crippen molar-refractivity contribution in [3.05, 3.63) is 57.1 Å². The van der Waals surface area contributed by atoms with Gasteiger partial charge in [0.05, 0.1) is 28.4 Å². The molecule has 1 aliphatic rings. The molecule has 1 aromatic carbocycles. The monoisotopic (exact) mass is 409 g/mol. The molecule has 144 valence electrons. The Hall–Kier alpha value is -2.02. The minimum absolute atomic E-state index is 0.350. The maximum Gasteiger partial charge on any atom is 0.101 e. The summed E-state index contributed by atoms with van der Waals surface area (Å²) in [5, 5.41) is 4.44. The van der Waals surface area contributed by atoms with Crippen molar-refractivity contribution >= 4 is 32.9 Å². The summed E-state index contributed by atoms with van der Waals surface area (Å²) in [4.78, 5) is 9.68. The van der Waals surface area contributed by atoms with Crippen LogP contribution >= 0.6 is 22.7 Å². The third-order valence-corrected chi connectivity index (χ3v) is 7.34. The van der Waals surface area contributed by atoms with Gasteiger partial charge in [-0.1, -0.05) is 12.1 Å². The zero-order valence-corrected chi connectivity index (χ0v) is 17.8. The normalized spacial score (nSPS) is 17.0. The van der Waals surface area contributed by atoms with E-state index in [0.29, 0.717) is 6.10 Å². The summed E-state index contributed by atoms with van der Waals surface area (Å²) in [7, 11) is 0. The van der Waals surface area contributed by atoms with Crippen molar-refractivity contribution in [3.63, 3.8) is 0 Å². The second kappa shape index (κ2) is 7.43.